The van der Waals surface area contributed by atoms with Crippen LogP contribution in [0.2, 0.25) is 0 Å². The van der Waals surface area contributed by atoms with Gasteiger partial charge in [0, 0.05) is 18.4 Å². The number of carbonyl (C=O) groups excluding carboxylic acids is 2. The van der Waals surface area contributed by atoms with E-state index in [1.165, 1.54) is 0 Å². The van der Waals surface area contributed by atoms with E-state index in [0.717, 1.165) is 38.5 Å². The maximum atomic E-state index is 12.3. The lowest BCUT2D eigenvalue weighted by Gasteiger charge is -2.40. The standard InChI is InChI=1S/C18H30N2O4/c1-12(19-16(22)13-7-3-4-8-13)11-15(21)20-18(2)10-6-5-9-14(18)17(23)24/h12-14H,3-11H2,1-2H3,(H,19,22)(H,20,21)(H,23,24). The molecule has 2 aliphatic rings. The molecule has 0 radical (unpaired) electrons. The molecule has 6 heteroatoms. The zero-order valence-electron chi connectivity index (χ0n) is 14.8. The van der Waals surface area contributed by atoms with Crippen LogP contribution in [0, 0.1) is 11.8 Å². The van der Waals surface area contributed by atoms with E-state index in [2.05, 4.69) is 10.6 Å². The molecule has 3 unspecified atom stereocenters. The van der Waals surface area contributed by atoms with Gasteiger partial charge in [-0.1, -0.05) is 25.7 Å². The van der Waals surface area contributed by atoms with Crippen LogP contribution in [0.25, 0.3) is 0 Å². The van der Waals surface area contributed by atoms with Gasteiger partial charge in [-0.15, -0.1) is 0 Å². The SMILES string of the molecule is CC(CC(=O)NC1(C)CCCCC1C(=O)O)NC(=O)C1CCCC1. The predicted octanol–water partition coefficient (Wildman–Crippen LogP) is 2.22. The van der Waals surface area contributed by atoms with E-state index in [0.29, 0.717) is 12.8 Å². The molecule has 2 amide bonds. The van der Waals surface area contributed by atoms with Crippen molar-refractivity contribution in [3.63, 3.8) is 0 Å². The minimum atomic E-state index is -0.847. The van der Waals surface area contributed by atoms with Crippen LogP contribution >= 0.6 is 0 Å². The molecule has 136 valence electrons. The lowest BCUT2D eigenvalue weighted by Crippen LogP contribution is -2.56. The Morgan fingerprint density at radius 3 is 2.38 bits per heavy atom. The Kier molecular flexibility index (Phi) is 6.24. The van der Waals surface area contributed by atoms with Crippen molar-refractivity contribution in [3.05, 3.63) is 0 Å². The van der Waals surface area contributed by atoms with Crippen molar-refractivity contribution in [3.8, 4) is 0 Å². The first kappa shape index (κ1) is 18.7. The molecule has 0 aromatic heterocycles. The number of rotatable bonds is 6. The van der Waals surface area contributed by atoms with Gasteiger partial charge in [-0.2, -0.15) is 0 Å². The molecule has 2 fully saturated rings. The molecule has 0 bridgehead atoms. The number of hydrogen-bond donors (Lipinski definition) is 3. The van der Waals surface area contributed by atoms with Crippen LogP contribution < -0.4 is 10.6 Å². The maximum absolute atomic E-state index is 12.3. The number of carboxylic acid groups (broad SMARTS) is 1. The average Bonchev–Trinajstić information content (AvgIpc) is 3.00. The molecule has 2 aliphatic carbocycles. The Balaban J connectivity index is 1.84. The molecule has 3 N–H and O–H groups in total. The molecular weight excluding hydrogens is 308 g/mol. The third-order valence-corrected chi connectivity index (χ3v) is 5.54. The van der Waals surface area contributed by atoms with Crippen molar-refractivity contribution in [2.75, 3.05) is 0 Å². The molecule has 0 heterocycles. The molecule has 0 aromatic carbocycles. The van der Waals surface area contributed by atoms with E-state index in [-0.39, 0.29) is 30.2 Å². The summed E-state index contributed by atoms with van der Waals surface area (Å²) in [5.41, 5.74) is -0.698. The third-order valence-electron chi connectivity index (χ3n) is 5.54. The molecule has 3 atom stereocenters. The highest BCUT2D eigenvalue weighted by atomic mass is 16.4. The smallest absolute Gasteiger partial charge is 0.308 e. The van der Waals surface area contributed by atoms with E-state index >= 15 is 0 Å². The summed E-state index contributed by atoms with van der Waals surface area (Å²) in [6.07, 6.45) is 7.33. The minimum absolute atomic E-state index is 0.0418. The average molecular weight is 338 g/mol. The summed E-state index contributed by atoms with van der Waals surface area (Å²) in [5, 5.41) is 15.3. The van der Waals surface area contributed by atoms with Gasteiger partial charge in [0.1, 0.15) is 0 Å². The van der Waals surface area contributed by atoms with E-state index in [1.54, 1.807) is 0 Å². The van der Waals surface area contributed by atoms with Crippen LogP contribution in [0.4, 0.5) is 0 Å². The largest absolute Gasteiger partial charge is 0.481 e. The molecule has 24 heavy (non-hydrogen) atoms. The molecule has 0 aliphatic heterocycles. The lowest BCUT2D eigenvalue weighted by molar-refractivity contribution is -0.146. The van der Waals surface area contributed by atoms with Gasteiger partial charge in [-0.05, 0) is 39.5 Å². The van der Waals surface area contributed by atoms with Gasteiger partial charge in [0.15, 0.2) is 0 Å². The first-order chi connectivity index (χ1) is 11.3. The number of carbonyl (C=O) groups is 3. The van der Waals surface area contributed by atoms with E-state index < -0.39 is 17.4 Å². The fourth-order valence-corrected chi connectivity index (χ4v) is 4.13. The highest BCUT2D eigenvalue weighted by Crippen LogP contribution is 2.34. The van der Waals surface area contributed by atoms with Crippen molar-refractivity contribution in [1.82, 2.24) is 10.6 Å². The van der Waals surface area contributed by atoms with Gasteiger partial charge in [-0.3, -0.25) is 14.4 Å². The van der Waals surface area contributed by atoms with Gasteiger partial charge in [0.05, 0.1) is 11.5 Å². The van der Waals surface area contributed by atoms with E-state index in [4.69, 9.17) is 0 Å². The molecule has 0 aromatic rings. The van der Waals surface area contributed by atoms with Crippen LogP contribution in [0.3, 0.4) is 0 Å². The van der Waals surface area contributed by atoms with Crippen LogP contribution in [-0.2, 0) is 14.4 Å². The molecule has 6 nitrogen and oxygen atoms in total. The zero-order chi connectivity index (χ0) is 17.7. The monoisotopic (exact) mass is 338 g/mol. The number of nitrogens with one attached hydrogen (secondary N) is 2. The topological polar surface area (TPSA) is 95.5 Å². The van der Waals surface area contributed by atoms with Gasteiger partial charge in [0.25, 0.3) is 0 Å². The minimum Gasteiger partial charge on any atom is -0.481 e. The van der Waals surface area contributed by atoms with Gasteiger partial charge in [-0.25, -0.2) is 0 Å². The van der Waals surface area contributed by atoms with Gasteiger partial charge < -0.3 is 15.7 Å². The molecule has 0 spiro atoms. The number of aliphatic carboxylic acids is 1. The van der Waals surface area contributed by atoms with Crippen molar-refractivity contribution in [1.29, 1.82) is 0 Å². The quantitative estimate of drug-likeness (QED) is 0.692. The Morgan fingerprint density at radius 1 is 1.12 bits per heavy atom. The summed E-state index contributed by atoms with van der Waals surface area (Å²) in [7, 11) is 0. The predicted molar refractivity (Wildman–Crippen MR) is 90.3 cm³/mol. The number of carboxylic acids is 1. The van der Waals surface area contributed by atoms with Crippen LogP contribution in [0.1, 0.15) is 71.6 Å². The fourth-order valence-electron chi connectivity index (χ4n) is 4.13. The highest BCUT2D eigenvalue weighted by Gasteiger charge is 2.42. The second-order valence-electron chi connectivity index (χ2n) is 7.70. The highest BCUT2D eigenvalue weighted by molar-refractivity contribution is 5.82. The van der Waals surface area contributed by atoms with Crippen molar-refractivity contribution < 1.29 is 19.5 Å². The first-order valence-corrected chi connectivity index (χ1v) is 9.16. The second kappa shape index (κ2) is 7.99. The summed E-state index contributed by atoms with van der Waals surface area (Å²) >= 11 is 0. The summed E-state index contributed by atoms with van der Waals surface area (Å²) in [6, 6.07) is -0.242. The second-order valence-corrected chi connectivity index (χ2v) is 7.70. The number of hydrogen-bond acceptors (Lipinski definition) is 3. The Labute approximate surface area is 143 Å². The van der Waals surface area contributed by atoms with Gasteiger partial charge in [0.2, 0.25) is 11.8 Å². The van der Waals surface area contributed by atoms with Crippen molar-refractivity contribution >= 4 is 17.8 Å². The van der Waals surface area contributed by atoms with E-state index in [1.807, 2.05) is 13.8 Å². The van der Waals surface area contributed by atoms with Crippen LogP contribution in [0.15, 0.2) is 0 Å². The molecule has 2 saturated carbocycles. The molecular formula is C18H30N2O4. The summed E-state index contributed by atoms with van der Waals surface area (Å²) < 4.78 is 0. The number of amides is 2. The molecule has 2 rings (SSSR count). The lowest BCUT2D eigenvalue weighted by atomic mass is 9.74. The third kappa shape index (κ3) is 4.71. The van der Waals surface area contributed by atoms with Crippen LogP contribution in [0.5, 0.6) is 0 Å². The maximum Gasteiger partial charge on any atom is 0.308 e. The fraction of sp³-hybridized carbons (Fsp3) is 0.833. The summed E-state index contributed by atoms with van der Waals surface area (Å²) in [5.74, 6) is -1.45. The summed E-state index contributed by atoms with van der Waals surface area (Å²) in [6.45, 7) is 3.65. The van der Waals surface area contributed by atoms with Crippen molar-refractivity contribution in [2.45, 2.75) is 83.2 Å². The Bertz CT molecular complexity index is 487. The van der Waals surface area contributed by atoms with Gasteiger partial charge >= 0.3 is 5.97 Å². The summed E-state index contributed by atoms with van der Waals surface area (Å²) in [4.78, 5) is 35.9. The van der Waals surface area contributed by atoms with Crippen molar-refractivity contribution in [2.24, 2.45) is 11.8 Å². The Hall–Kier alpha value is -1.59. The normalized spacial score (nSPS) is 29.0. The first-order valence-electron chi connectivity index (χ1n) is 9.16. The van der Waals surface area contributed by atoms with E-state index in [9.17, 15) is 19.5 Å². The van der Waals surface area contributed by atoms with Crippen LogP contribution in [-0.4, -0.2) is 34.5 Å². The Morgan fingerprint density at radius 2 is 1.75 bits per heavy atom. The zero-order valence-corrected chi connectivity index (χ0v) is 14.8. The molecule has 0 saturated heterocycles.